The molecule has 0 saturated carbocycles. The lowest BCUT2D eigenvalue weighted by atomic mass is 9.99. The zero-order valence-corrected chi connectivity index (χ0v) is 12.9. The van der Waals surface area contributed by atoms with Crippen LogP contribution in [-0.2, 0) is 11.2 Å². The third kappa shape index (κ3) is 3.97. The second-order valence-electron chi connectivity index (χ2n) is 4.77. The Morgan fingerprint density at radius 1 is 1.10 bits per heavy atom. The quantitative estimate of drug-likeness (QED) is 0.886. The monoisotopic (exact) mass is 306 g/mol. The van der Waals surface area contributed by atoms with Crippen molar-refractivity contribution in [2.24, 2.45) is 0 Å². The van der Waals surface area contributed by atoms with Crippen LogP contribution in [0.4, 0.5) is 0 Å². The van der Waals surface area contributed by atoms with Gasteiger partial charge in [-0.2, -0.15) is 0 Å². The number of aliphatic hydroxyl groups excluding tert-OH is 1. The Balaban J connectivity index is 2.21. The lowest BCUT2D eigenvalue weighted by Crippen LogP contribution is -2.03. The predicted octanol–water partition coefficient (Wildman–Crippen LogP) is 3.62. The number of aliphatic hydroxyl groups is 1. The van der Waals surface area contributed by atoms with Crippen molar-refractivity contribution in [1.82, 2.24) is 0 Å². The molecular weight excluding hydrogens is 288 g/mol. The Morgan fingerprint density at radius 2 is 1.81 bits per heavy atom. The summed E-state index contributed by atoms with van der Waals surface area (Å²) in [5.41, 5.74) is 2.69. The summed E-state index contributed by atoms with van der Waals surface area (Å²) < 4.78 is 10.3. The third-order valence-electron chi connectivity index (χ3n) is 3.38. The fourth-order valence-electron chi connectivity index (χ4n) is 2.18. The predicted molar refractivity (Wildman–Crippen MR) is 84.1 cm³/mol. The highest BCUT2D eigenvalue weighted by Gasteiger charge is 2.15. The van der Waals surface area contributed by atoms with Crippen LogP contribution in [0.25, 0.3) is 0 Å². The van der Waals surface area contributed by atoms with E-state index in [0.29, 0.717) is 22.9 Å². The lowest BCUT2D eigenvalue weighted by Gasteiger charge is -2.16. The summed E-state index contributed by atoms with van der Waals surface area (Å²) in [5, 5.41) is 11.1. The first-order valence-corrected chi connectivity index (χ1v) is 7.12. The number of ether oxygens (including phenoxy) is 2. The second-order valence-corrected chi connectivity index (χ2v) is 5.21. The number of benzene rings is 2. The van der Waals surface area contributed by atoms with Crippen molar-refractivity contribution in [3.8, 4) is 5.75 Å². The van der Waals surface area contributed by atoms with E-state index in [1.807, 2.05) is 24.3 Å². The molecule has 0 spiro atoms. The van der Waals surface area contributed by atoms with Crippen LogP contribution in [0.1, 0.15) is 22.8 Å². The van der Waals surface area contributed by atoms with Crippen molar-refractivity contribution in [2.75, 3.05) is 20.8 Å². The lowest BCUT2D eigenvalue weighted by molar-refractivity contribution is 0.202. The topological polar surface area (TPSA) is 38.7 Å². The average molecular weight is 307 g/mol. The molecule has 0 bridgehead atoms. The Morgan fingerprint density at radius 3 is 2.43 bits per heavy atom. The molecule has 2 rings (SSSR count). The first-order chi connectivity index (χ1) is 10.2. The van der Waals surface area contributed by atoms with Gasteiger partial charge >= 0.3 is 0 Å². The van der Waals surface area contributed by atoms with Crippen LogP contribution in [-0.4, -0.2) is 25.9 Å². The SMILES string of the molecule is COCCc1ccc(C(O)c2ccc(Cl)cc2OC)cc1. The number of rotatable bonds is 6. The molecule has 0 aliphatic heterocycles. The minimum atomic E-state index is -0.742. The van der Waals surface area contributed by atoms with Gasteiger partial charge in [-0.3, -0.25) is 0 Å². The van der Waals surface area contributed by atoms with Crippen LogP contribution >= 0.6 is 11.6 Å². The van der Waals surface area contributed by atoms with Gasteiger partial charge in [0.1, 0.15) is 11.9 Å². The standard InChI is InChI=1S/C17H19ClO3/c1-20-10-9-12-3-5-13(6-4-12)17(19)15-8-7-14(18)11-16(15)21-2/h3-8,11,17,19H,9-10H2,1-2H3. The Kier molecular flexibility index (Phi) is 5.62. The van der Waals surface area contributed by atoms with Crippen molar-refractivity contribution in [2.45, 2.75) is 12.5 Å². The van der Waals surface area contributed by atoms with Gasteiger partial charge in [-0.1, -0.05) is 41.9 Å². The summed E-state index contributed by atoms with van der Waals surface area (Å²) in [6.45, 7) is 0.687. The fraction of sp³-hybridized carbons (Fsp3) is 0.294. The molecule has 0 fully saturated rings. The number of hydrogen-bond acceptors (Lipinski definition) is 3. The minimum Gasteiger partial charge on any atom is -0.496 e. The van der Waals surface area contributed by atoms with Crippen molar-refractivity contribution in [3.05, 3.63) is 64.2 Å². The van der Waals surface area contributed by atoms with Crippen LogP contribution in [0.2, 0.25) is 5.02 Å². The van der Waals surface area contributed by atoms with Crippen molar-refractivity contribution < 1.29 is 14.6 Å². The molecule has 1 unspecified atom stereocenters. The maximum absolute atomic E-state index is 10.5. The Labute approximate surface area is 130 Å². The molecule has 112 valence electrons. The van der Waals surface area contributed by atoms with Crippen molar-refractivity contribution in [1.29, 1.82) is 0 Å². The summed E-state index contributed by atoms with van der Waals surface area (Å²) in [6.07, 6.45) is 0.116. The van der Waals surface area contributed by atoms with Crippen LogP contribution < -0.4 is 4.74 Å². The molecule has 0 heterocycles. The summed E-state index contributed by atoms with van der Waals surface area (Å²) in [7, 11) is 3.25. The molecule has 0 radical (unpaired) electrons. The molecule has 2 aromatic rings. The molecule has 0 aliphatic carbocycles. The molecular formula is C17H19ClO3. The van der Waals surface area contributed by atoms with E-state index >= 15 is 0 Å². The molecule has 1 N–H and O–H groups in total. The summed E-state index contributed by atoms with van der Waals surface area (Å²) >= 11 is 5.94. The normalized spacial score (nSPS) is 12.2. The highest BCUT2D eigenvalue weighted by molar-refractivity contribution is 6.30. The highest BCUT2D eigenvalue weighted by Crippen LogP contribution is 2.32. The number of halogens is 1. The molecule has 0 aliphatic rings. The maximum atomic E-state index is 10.5. The zero-order chi connectivity index (χ0) is 15.2. The van der Waals surface area contributed by atoms with E-state index in [1.165, 1.54) is 5.56 Å². The van der Waals surface area contributed by atoms with Crippen LogP contribution in [0, 0.1) is 0 Å². The molecule has 2 aromatic carbocycles. The van der Waals surface area contributed by atoms with Crippen molar-refractivity contribution >= 4 is 11.6 Å². The molecule has 0 amide bonds. The third-order valence-corrected chi connectivity index (χ3v) is 3.62. The van der Waals surface area contributed by atoms with E-state index in [4.69, 9.17) is 21.1 Å². The van der Waals surface area contributed by atoms with Crippen LogP contribution in [0.15, 0.2) is 42.5 Å². The van der Waals surface area contributed by atoms with E-state index in [1.54, 1.807) is 32.4 Å². The van der Waals surface area contributed by atoms with Gasteiger partial charge in [-0.25, -0.2) is 0 Å². The molecule has 1 atom stereocenters. The smallest absolute Gasteiger partial charge is 0.126 e. The number of hydrogen-bond donors (Lipinski definition) is 1. The van der Waals surface area contributed by atoms with E-state index in [-0.39, 0.29) is 0 Å². The van der Waals surface area contributed by atoms with Gasteiger partial charge in [0.25, 0.3) is 0 Å². The summed E-state index contributed by atoms with van der Waals surface area (Å²) in [4.78, 5) is 0. The largest absolute Gasteiger partial charge is 0.496 e. The van der Waals surface area contributed by atoms with Gasteiger partial charge in [0, 0.05) is 17.7 Å². The van der Waals surface area contributed by atoms with Crippen molar-refractivity contribution in [3.63, 3.8) is 0 Å². The van der Waals surface area contributed by atoms with Gasteiger partial charge in [-0.15, -0.1) is 0 Å². The fourth-order valence-corrected chi connectivity index (χ4v) is 2.34. The maximum Gasteiger partial charge on any atom is 0.126 e. The second kappa shape index (κ2) is 7.46. The average Bonchev–Trinajstić information content (AvgIpc) is 2.52. The van der Waals surface area contributed by atoms with Gasteiger partial charge in [-0.05, 0) is 29.7 Å². The Hall–Kier alpha value is -1.55. The highest BCUT2D eigenvalue weighted by atomic mass is 35.5. The van der Waals surface area contributed by atoms with Crippen LogP contribution in [0.3, 0.4) is 0 Å². The minimum absolute atomic E-state index is 0.581. The van der Waals surface area contributed by atoms with E-state index in [0.717, 1.165) is 12.0 Å². The summed E-state index contributed by atoms with van der Waals surface area (Å²) in [5.74, 6) is 0.582. The summed E-state index contributed by atoms with van der Waals surface area (Å²) in [6, 6.07) is 13.1. The van der Waals surface area contributed by atoms with Gasteiger partial charge in [0.15, 0.2) is 0 Å². The molecule has 21 heavy (non-hydrogen) atoms. The van der Waals surface area contributed by atoms with Gasteiger partial charge in [0.2, 0.25) is 0 Å². The van der Waals surface area contributed by atoms with E-state index in [2.05, 4.69) is 0 Å². The Bertz CT molecular complexity index is 581. The molecule has 4 heteroatoms. The molecule has 0 aromatic heterocycles. The first kappa shape index (κ1) is 15.8. The molecule has 3 nitrogen and oxygen atoms in total. The zero-order valence-electron chi connectivity index (χ0n) is 12.2. The van der Waals surface area contributed by atoms with Gasteiger partial charge < -0.3 is 14.6 Å². The van der Waals surface area contributed by atoms with E-state index in [9.17, 15) is 5.11 Å². The van der Waals surface area contributed by atoms with Gasteiger partial charge in [0.05, 0.1) is 13.7 Å². The van der Waals surface area contributed by atoms with Crippen LogP contribution in [0.5, 0.6) is 5.75 Å². The van der Waals surface area contributed by atoms with E-state index < -0.39 is 6.10 Å². The molecule has 0 saturated heterocycles. The first-order valence-electron chi connectivity index (χ1n) is 6.75. The number of methoxy groups -OCH3 is 2.